The molecule has 1 fully saturated rings. The van der Waals surface area contributed by atoms with E-state index in [4.69, 9.17) is 16.6 Å². The van der Waals surface area contributed by atoms with Gasteiger partial charge < -0.3 is 10.6 Å². The molecule has 1 aromatic carbocycles. The molecule has 2 amide bonds. The zero-order valence-electron chi connectivity index (χ0n) is 19.2. The average Bonchev–Trinajstić information content (AvgIpc) is 3.54. The standard InChI is InChI=1S/C24H28ClFN6O2/c1-3-4-9-27-23(33)14(2)10-15-13-28-32-21(29-17-6-7-17)12-20(30-22(15)32)31-24(34)18-11-16(25)5-8-19(18)26/h5,8,10-11,13-14,17,22H,3-4,6-7,9,12H2,1-2H3,(H,27,33)(H,30,31,34)/b15-10-,29-21?. The number of carbonyl (C=O) groups is 2. The first-order valence-electron chi connectivity index (χ1n) is 11.6. The lowest BCUT2D eigenvalue weighted by molar-refractivity contribution is -0.123. The van der Waals surface area contributed by atoms with Crippen molar-refractivity contribution in [2.24, 2.45) is 21.0 Å². The first kappa shape index (κ1) is 24.1. The van der Waals surface area contributed by atoms with E-state index in [2.05, 4.69) is 27.7 Å². The molecule has 180 valence electrons. The van der Waals surface area contributed by atoms with E-state index >= 15 is 0 Å². The third-order valence-corrected chi connectivity index (χ3v) is 5.96. The van der Waals surface area contributed by atoms with Gasteiger partial charge in [-0.05, 0) is 37.5 Å². The van der Waals surface area contributed by atoms with E-state index in [9.17, 15) is 14.0 Å². The number of hydrogen-bond acceptors (Lipinski definition) is 5. The van der Waals surface area contributed by atoms with Gasteiger partial charge >= 0.3 is 0 Å². The minimum Gasteiger partial charge on any atom is -0.356 e. The molecule has 4 rings (SSSR count). The normalized spacial score (nSPS) is 22.5. The molecule has 1 aliphatic carbocycles. The molecular weight excluding hydrogens is 459 g/mol. The van der Waals surface area contributed by atoms with E-state index in [1.54, 1.807) is 11.2 Å². The molecular formula is C24H28ClFN6O2. The number of hydrazone groups is 1. The highest BCUT2D eigenvalue weighted by molar-refractivity contribution is 6.31. The second kappa shape index (κ2) is 10.5. The third kappa shape index (κ3) is 5.70. The number of carbonyl (C=O) groups excluding carboxylic acids is 2. The van der Waals surface area contributed by atoms with Crippen LogP contribution in [-0.2, 0) is 4.79 Å². The van der Waals surface area contributed by atoms with E-state index in [0.29, 0.717) is 18.2 Å². The maximum Gasteiger partial charge on any atom is 0.259 e. The molecule has 1 saturated carbocycles. The van der Waals surface area contributed by atoms with Crippen molar-refractivity contribution < 1.29 is 14.0 Å². The van der Waals surface area contributed by atoms with Crippen LogP contribution in [0.1, 0.15) is 56.3 Å². The predicted octanol–water partition coefficient (Wildman–Crippen LogP) is 3.68. The Morgan fingerprint density at radius 2 is 2.18 bits per heavy atom. The van der Waals surface area contributed by atoms with Crippen LogP contribution in [0.2, 0.25) is 5.02 Å². The van der Waals surface area contributed by atoms with Crippen LogP contribution in [0.3, 0.4) is 0 Å². The summed E-state index contributed by atoms with van der Waals surface area (Å²) in [6, 6.07) is 4.06. The van der Waals surface area contributed by atoms with Gasteiger partial charge in [-0.25, -0.2) is 14.4 Å². The van der Waals surface area contributed by atoms with Gasteiger partial charge in [0.25, 0.3) is 5.91 Å². The summed E-state index contributed by atoms with van der Waals surface area (Å²) in [7, 11) is 0. The lowest BCUT2D eigenvalue weighted by Crippen LogP contribution is -2.45. The molecule has 1 aromatic rings. The number of nitrogens with zero attached hydrogens (tertiary/aromatic N) is 4. The Morgan fingerprint density at radius 3 is 2.91 bits per heavy atom. The van der Waals surface area contributed by atoms with Crippen LogP contribution in [-0.4, -0.2) is 53.5 Å². The Kier molecular flexibility index (Phi) is 7.41. The Morgan fingerprint density at radius 1 is 1.38 bits per heavy atom. The number of amidine groups is 2. The third-order valence-electron chi connectivity index (χ3n) is 5.72. The van der Waals surface area contributed by atoms with Crippen LogP contribution >= 0.6 is 11.6 Å². The highest BCUT2D eigenvalue weighted by atomic mass is 35.5. The van der Waals surface area contributed by atoms with Gasteiger partial charge in [-0.1, -0.05) is 37.9 Å². The van der Waals surface area contributed by atoms with Gasteiger partial charge in [0.2, 0.25) is 5.91 Å². The fourth-order valence-electron chi connectivity index (χ4n) is 3.67. The summed E-state index contributed by atoms with van der Waals surface area (Å²) in [4.78, 5) is 34.6. The fourth-order valence-corrected chi connectivity index (χ4v) is 3.84. The highest BCUT2D eigenvalue weighted by Gasteiger charge is 2.36. The molecule has 2 atom stereocenters. The van der Waals surface area contributed by atoms with Gasteiger partial charge in [0, 0.05) is 17.1 Å². The summed E-state index contributed by atoms with van der Waals surface area (Å²) in [6.07, 6.45) is 7.17. The molecule has 0 saturated heterocycles. The van der Waals surface area contributed by atoms with Crippen molar-refractivity contribution in [2.75, 3.05) is 6.54 Å². The lowest BCUT2D eigenvalue weighted by Gasteiger charge is -2.29. The summed E-state index contributed by atoms with van der Waals surface area (Å²) in [5.74, 6) is -0.696. The van der Waals surface area contributed by atoms with Gasteiger partial charge in [-0.2, -0.15) is 5.10 Å². The Labute approximate surface area is 203 Å². The van der Waals surface area contributed by atoms with Crippen molar-refractivity contribution in [3.8, 4) is 0 Å². The topological polar surface area (TPSA) is 98.5 Å². The van der Waals surface area contributed by atoms with Crippen molar-refractivity contribution in [3.05, 3.63) is 46.3 Å². The first-order chi connectivity index (χ1) is 16.4. The maximum atomic E-state index is 14.2. The van der Waals surface area contributed by atoms with Crippen LogP contribution < -0.4 is 10.6 Å². The van der Waals surface area contributed by atoms with Gasteiger partial charge in [0.15, 0.2) is 6.17 Å². The minimum atomic E-state index is -0.667. The average molecular weight is 487 g/mol. The molecule has 8 nitrogen and oxygen atoms in total. The minimum absolute atomic E-state index is 0.0654. The lowest BCUT2D eigenvalue weighted by atomic mass is 10.0. The van der Waals surface area contributed by atoms with Crippen LogP contribution in [0, 0.1) is 11.7 Å². The van der Waals surface area contributed by atoms with Crippen LogP contribution in [0.15, 0.2) is 44.9 Å². The summed E-state index contributed by atoms with van der Waals surface area (Å²) < 4.78 is 14.2. The summed E-state index contributed by atoms with van der Waals surface area (Å²) in [5, 5.41) is 12.1. The molecule has 3 aliphatic rings. The molecule has 2 unspecified atom stereocenters. The Hall–Kier alpha value is -3.07. The van der Waals surface area contributed by atoms with Crippen molar-refractivity contribution in [1.82, 2.24) is 15.6 Å². The molecule has 0 bridgehead atoms. The molecule has 2 aliphatic heterocycles. The molecule has 10 heteroatoms. The number of unbranched alkanes of at least 4 members (excludes halogenated alkanes) is 1. The van der Waals surface area contributed by atoms with Crippen molar-refractivity contribution in [3.63, 3.8) is 0 Å². The van der Waals surface area contributed by atoms with E-state index in [-0.39, 0.29) is 34.9 Å². The zero-order valence-corrected chi connectivity index (χ0v) is 20.0. The van der Waals surface area contributed by atoms with Crippen LogP contribution in [0.25, 0.3) is 0 Å². The molecule has 2 N–H and O–H groups in total. The number of rotatable bonds is 7. The number of fused-ring (bicyclic) bond motifs is 1. The van der Waals surface area contributed by atoms with Gasteiger partial charge in [0.05, 0.1) is 30.2 Å². The number of benzene rings is 1. The second-order valence-electron chi connectivity index (χ2n) is 8.67. The smallest absolute Gasteiger partial charge is 0.259 e. The van der Waals surface area contributed by atoms with Crippen molar-refractivity contribution in [2.45, 2.75) is 58.2 Å². The van der Waals surface area contributed by atoms with Crippen molar-refractivity contribution in [1.29, 1.82) is 0 Å². The number of amides is 2. The number of aliphatic imine (C=N–C) groups is 2. The largest absolute Gasteiger partial charge is 0.356 e. The van der Waals surface area contributed by atoms with E-state index in [0.717, 1.165) is 37.3 Å². The summed E-state index contributed by atoms with van der Waals surface area (Å²) >= 11 is 5.94. The maximum absolute atomic E-state index is 14.2. The summed E-state index contributed by atoms with van der Waals surface area (Å²) in [6.45, 7) is 4.53. The summed E-state index contributed by atoms with van der Waals surface area (Å²) in [5.41, 5.74) is 0.580. The molecule has 0 aromatic heterocycles. The van der Waals surface area contributed by atoms with E-state index in [1.165, 1.54) is 12.1 Å². The second-order valence-corrected chi connectivity index (χ2v) is 9.11. The quantitative estimate of drug-likeness (QED) is 0.575. The van der Waals surface area contributed by atoms with Gasteiger partial charge in [0.1, 0.15) is 17.5 Å². The van der Waals surface area contributed by atoms with Gasteiger partial charge in [-0.3, -0.25) is 14.6 Å². The van der Waals surface area contributed by atoms with E-state index in [1.807, 2.05) is 13.0 Å². The monoisotopic (exact) mass is 486 g/mol. The Bertz CT molecular complexity index is 1090. The predicted molar refractivity (Wildman–Crippen MR) is 131 cm³/mol. The number of nitrogens with one attached hydrogen (secondary N) is 2. The fraction of sp³-hybridized carbons (Fsp3) is 0.458. The number of halogens is 2. The first-order valence-corrected chi connectivity index (χ1v) is 12.0. The highest BCUT2D eigenvalue weighted by Crippen LogP contribution is 2.29. The van der Waals surface area contributed by atoms with E-state index < -0.39 is 17.9 Å². The van der Waals surface area contributed by atoms with Gasteiger partial charge in [-0.15, -0.1) is 0 Å². The SMILES string of the molecule is CCCCNC(=O)C(C)/C=C1/C=NN2C(=NC3CC3)CC(NC(=O)c3cc(Cl)ccc3F)=NC12. The molecule has 2 heterocycles. The molecule has 0 radical (unpaired) electrons. The molecule has 0 spiro atoms. The van der Waals surface area contributed by atoms with Crippen LogP contribution in [0.4, 0.5) is 4.39 Å². The van der Waals surface area contributed by atoms with Crippen molar-refractivity contribution >= 4 is 41.3 Å². The molecule has 34 heavy (non-hydrogen) atoms. The Balaban J connectivity index is 1.55. The van der Waals surface area contributed by atoms with Crippen LogP contribution in [0.5, 0.6) is 0 Å². The zero-order chi connectivity index (χ0) is 24.2. The number of hydrogen-bond donors (Lipinski definition) is 2.